The van der Waals surface area contributed by atoms with Crippen LogP contribution in [-0.4, -0.2) is 39.1 Å². The summed E-state index contributed by atoms with van der Waals surface area (Å²) in [6.07, 6.45) is 4.70. The Bertz CT molecular complexity index is 960. The quantitative estimate of drug-likeness (QED) is 0.758. The number of H-pyrrole nitrogens is 1. The minimum Gasteiger partial charge on any atom is -0.481 e. The molecule has 1 aromatic carbocycles. The number of hydrogen-bond acceptors (Lipinski definition) is 4. The summed E-state index contributed by atoms with van der Waals surface area (Å²) in [5.74, 6) is -0.129. The van der Waals surface area contributed by atoms with Crippen LogP contribution in [0.25, 0.3) is 21.9 Å². The Morgan fingerprint density at radius 1 is 1.29 bits per heavy atom. The van der Waals surface area contributed by atoms with Crippen molar-refractivity contribution in [2.24, 2.45) is 11.3 Å². The smallest absolute Gasteiger partial charge is 0.308 e. The predicted molar refractivity (Wildman–Crippen MR) is 91.0 cm³/mol. The van der Waals surface area contributed by atoms with Gasteiger partial charge in [0.1, 0.15) is 17.8 Å². The largest absolute Gasteiger partial charge is 0.481 e. The molecule has 2 aromatic heterocycles. The Balaban J connectivity index is 1.66. The number of aromatic amines is 1. The van der Waals surface area contributed by atoms with Gasteiger partial charge in [-0.2, -0.15) is 0 Å². The second kappa shape index (κ2) is 4.69. The lowest BCUT2D eigenvalue weighted by Gasteiger charge is -2.41. The lowest BCUT2D eigenvalue weighted by molar-refractivity contribution is -0.146. The molecule has 1 atom stereocenters. The maximum Gasteiger partial charge on any atom is 0.308 e. The van der Waals surface area contributed by atoms with Gasteiger partial charge in [0, 0.05) is 29.4 Å². The van der Waals surface area contributed by atoms with Gasteiger partial charge in [-0.05, 0) is 18.9 Å². The molecule has 0 amide bonds. The molecule has 0 unspecified atom stereocenters. The summed E-state index contributed by atoms with van der Waals surface area (Å²) in [7, 11) is 0. The van der Waals surface area contributed by atoms with Gasteiger partial charge in [0.25, 0.3) is 0 Å². The number of fused-ring (bicyclic) bond motifs is 3. The van der Waals surface area contributed by atoms with E-state index in [9.17, 15) is 9.90 Å². The Hall–Kier alpha value is -2.63. The highest BCUT2D eigenvalue weighted by molar-refractivity contribution is 6.11. The first-order valence-electron chi connectivity index (χ1n) is 8.37. The molecule has 2 N–H and O–H groups in total. The van der Waals surface area contributed by atoms with E-state index in [4.69, 9.17) is 0 Å². The van der Waals surface area contributed by atoms with Gasteiger partial charge in [0.2, 0.25) is 0 Å². The average Bonchev–Trinajstić information content (AvgIpc) is 3.13. The van der Waals surface area contributed by atoms with E-state index in [0.717, 1.165) is 53.6 Å². The third-order valence-corrected chi connectivity index (χ3v) is 5.87. The Morgan fingerprint density at radius 2 is 2.12 bits per heavy atom. The van der Waals surface area contributed by atoms with Crippen molar-refractivity contribution in [1.82, 2.24) is 15.0 Å². The third-order valence-electron chi connectivity index (χ3n) is 5.87. The molecule has 5 rings (SSSR count). The molecule has 1 saturated heterocycles. The van der Waals surface area contributed by atoms with Crippen molar-refractivity contribution in [3.63, 3.8) is 0 Å². The highest BCUT2D eigenvalue weighted by Gasteiger charge is 2.54. The molecule has 1 aliphatic carbocycles. The van der Waals surface area contributed by atoms with Crippen LogP contribution >= 0.6 is 0 Å². The van der Waals surface area contributed by atoms with Crippen molar-refractivity contribution >= 4 is 33.7 Å². The van der Waals surface area contributed by atoms with E-state index < -0.39 is 5.97 Å². The summed E-state index contributed by atoms with van der Waals surface area (Å²) < 4.78 is 0. The van der Waals surface area contributed by atoms with E-state index >= 15 is 0 Å². The Kier molecular flexibility index (Phi) is 2.69. The second-order valence-electron chi connectivity index (χ2n) is 7.08. The number of carbonyl (C=O) groups is 1. The summed E-state index contributed by atoms with van der Waals surface area (Å²) in [5, 5.41) is 11.7. The van der Waals surface area contributed by atoms with Gasteiger partial charge in [0.05, 0.1) is 11.3 Å². The SMILES string of the molecule is O=C(O)[C@H]1CN(c2ncnc3[nH]c4ccccc4c23)CC12CCC2. The van der Waals surface area contributed by atoms with E-state index in [2.05, 4.69) is 25.9 Å². The number of carboxylic acids is 1. The summed E-state index contributed by atoms with van der Waals surface area (Å²) in [5.41, 5.74) is 1.76. The molecule has 6 nitrogen and oxygen atoms in total. The lowest BCUT2D eigenvalue weighted by Crippen LogP contribution is -2.40. The number of para-hydroxylation sites is 1. The molecule has 3 heterocycles. The van der Waals surface area contributed by atoms with Gasteiger partial charge < -0.3 is 15.0 Å². The first-order valence-corrected chi connectivity index (χ1v) is 8.37. The van der Waals surface area contributed by atoms with Crippen LogP contribution in [0.4, 0.5) is 5.82 Å². The van der Waals surface area contributed by atoms with E-state index in [-0.39, 0.29) is 11.3 Å². The fourth-order valence-corrected chi connectivity index (χ4v) is 4.50. The molecule has 2 aliphatic rings. The zero-order chi connectivity index (χ0) is 16.3. The molecule has 122 valence electrons. The standard InChI is InChI=1S/C18H18N4O2/c23-17(24)12-8-22(9-18(12)6-3-7-18)16-14-11-4-1-2-5-13(11)21-15(14)19-10-20-16/h1-2,4-5,10,12H,3,6-9H2,(H,23,24)(H,19,20,21)/t12-/m1/s1. The predicted octanol–water partition coefficient (Wildman–Crippen LogP) is 2.80. The number of anilines is 1. The lowest BCUT2D eigenvalue weighted by atomic mass is 9.63. The monoisotopic (exact) mass is 322 g/mol. The number of rotatable bonds is 2. The zero-order valence-corrected chi connectivity index (χ0v) is 13.2. The van der Waals surface area contributed by atoms with Crippen LogP contribution in [0.15, 0.2) is 30.6 Å². The van der Waals surface area contributed by atoms with Gasteiger partial charge >= 0.3 is 5.97 Å². The van der Waals surface area contributed by atoms with E-state index in [0.29, 0.717) is 6.54 Å². The molecular weight excluding hydrogens is 304 g/mol. The van der Waals surface area contributed by atoms with Gasteiger partial charge in [-0.15, -0.1) is 0 Å². The van der Waals surface area contributed by atoms with E-state index in [1.165, 1.54) is 0 Å². The van der Waals surface area contributed by atoms with Crippen LogP contribution < -0.4 is 4.90 Å². The molecule has 0 bridgehead atoms. The number of carboxylic acid groups (broad SMARTS) is 1. The van der Waals surface area contributed by atoms with Crippen LogP contribution in [0.1, 0.15) is 19.3 Å². The Morgan fingerprint density at radius 3 is 2.83 bits per heavy atom. The molecule has 6 heteroatoms. The highest BCUT2D eigenvalue weighted by atomic mass is 16.4. The molecule has 2 fully saturated rings. The molecule has 0 radical (unpaired) electrons. The summed E-state index contributed by atoms with van der Waals surface area (Å²) in [4.78, 5) is 26.1. The number of nitrogens with zero attached hydrogens (tertiary/aromatic N) is 3. The number of benzene rings is 1. The molecule has 24 heavy (non-hydrogen) atoms. The van der Waals surface area contributed by atoms with Crippen molar-refractivity contribution in [3.05, 3.63) is 30.6 Å². The summed E-state index contributed by atoms with van der Waals surface area (Å²) in [6, 6.07) is 8.08. The van der Waals surface area contributed by atoms with E-state index in [1.54, 1.807) is 6.33 Å². The fourth-order valence-electron chi connectivity index (χ4n) is 4.50. The molecule has 1 aliphatic heterocycles. The van der Waals surface area contributed by atoms with Crippen LogP contribution in [0, 0.1) is 11.3 Å². The number of nitrogens with one attached hydrogen (secondary N) is 1. The second-order valence-corrected chi connectivity index (χ2v) is 7.08. The summed E-state index contributed by atoms with van der Waals surface area (Å²) >= 11 is 0. The van der Waals surface area contributed by atoms with Crippen molar-refractivity contribution in [1.29, 1.82) is 0 Å². The van der Waals surface area contributed by atoms with Gasteiger partial charge in [-0.25, -0.2) is 9.97 Å². The van der Waals surface area contributed by atoms with Crippen LogP contribution in [0.5, 0.6) is 0 Å². The number of aliphatic carboxylic acids is 1. The van der Waals surface area contributed by atoms with Crippen molar-refractivity contribution in [2.75, 3.05) is 18.0 Å². The topological polar surface area (TPSA) is 82.1 Å². The first-order chi connectivity index (χ1) is 11.7. The fraction of sp³-hybridized carbons (Fsp3) is 0.389. The minimum atomic E-state index is -0.679. The van der Waals surface area contributed by atoms with Crippen molar-refractivity contribution < 1.29 is 9.90 Å². The van der Waals surface area contributed by atoms with Crippen molar-refractivity contribution in [2.45, 2.75) is 19.3 Å². The van der Waals surface area contributed by atoms with Gasteiger partial charge in [-0.1, -0.05) is 24.6 Å². The molecular formula is C18H18N4O2. The highest BCUT2D eigenvalue weighted by Crippen LogP contribution is 2.52. The third kappa shape index (κ3) is 1.74. The van der Waals surface area contributed by atoms with Crippen molar-refractivity contribution in [3.8, 4) is 0 Å². The van der Waals surface area contributed by atoms with Crippen LogP contribution in [-0.2, 0) is 4.79 Å². The minimum absolute atomic E-state index is 0.0742. The zero-order valence-electron chi connectivity index (χ0n) is 13.2. The van der Waals surface area contributed by atoms with E-state index in [1.807, 2.05) is 18.2 Å². The maximum absolute atomic E-state index is 11.7. The molecule has 1 spiro atoms. The van der Waals surface area contributed by atoms with Crippen LogP contribution in [0.3, 0.4) is 0 Å². The van der Waals surface area contributed by atoms with Crippen LogP contribution in [0.2, 0.25) is 0 Å². The Labute approximate surface area is 138 Å². The first kappa shape index (κ1) is 13.8. The summed E-state index contributed by atoms with van der Waals surface area (Å²) in [6.45, 7) is 1.30. The number of aromatic nitrogens is 3. The van der Waals surface area contributed by atoms with Gasteiger partial charge in [0.15, 0.2) is 0 Å². The van der Waals surface area contributed by atoms with Gasteiger partial charge in [-0.3, -0.25) is 4.79 Å². The molecule has 3 aromatic rings. The maximum atomic E-state index is 11.7. The normalized spacial score (nSPS) is 22.3. The molecule has 1 saturated carbocycles. The average molecular weight is 322 g/mol. The number of hydrogen-bond donors (Lipinski definition) is 2.